The molecule has 0 spiro atoms. The Labute approximate surface area is 153 Å². The fraction of sp³-hybridized carbons (Fsp3) is 0.316. The van der Waals surface area contributed by atoms with Gasteiger partial charge in [0, 0.05) is 12.6 Å². The number of sulfonamides is 1. The zero-order chi connectivity index (χ0) is 18.1. The molecule has 1 aliphatic carbocycles. The average molecular weight is 371 g/mol. The maximum atomic E-state index is 12.4. The van der Waals surface area contributed by atoms with Crippen LogP contribution in [0.15, 0.2) is 57.8 Å². The highest BCUT2D eigenvalue weighted by Crippen LogP contribution is 2.31. The summed E-state index contributed by atoms with van der Waals surface area (Å²) < 4.78 is 34.0. The molecule has 0 unspecified atom stereocenters. The number of anilines is 1. The molecule has 7 heteroatoms. The number of fused-ring (bicyclic) bond motifs is 1. The van der Waals surface area contributed by atoms with Gasteiger partial charge in [-0.2, -0.15) is 8.42 Å². The van der Waals surface area contributed by atoms with E-state index in [4.69, 9.17) is 4.74 Å². The molecule has 136 valence electrons. The van der Waals surface area contributed by atoms with Gasteiger partial charge in [0.15, 0.2) is 0 Å². The first kappa shape index (κ1) is 17.1. The predicted molar refractivity (Wildman–Crippen MR) is 101 cm³/mol. The van der Waals surface area contributed by atoms with Crippen LogP contribution in [0.3, 0.4) is 0 Å². The summed E-state index contributed by atoms with van der Waals surface area (Å²) >= 11 is 0. The molecule has 1 saturated carbocycles. The Morgan fingerprint density at radius 2 is 1.85 bits per heavy atom. The van der Waals surface area contributed by atoms with Crippen LogP contribution < -0.4 is 10.1 Å². The molecule has 26 heavy (non-hydrogen) atoms. The van der Waals surface area contributed by atoms with Crippen molar-refractivity contribution in [3.8, 4) is 5.75 Å². The Morgan fingerprint density at radius 3 is 2.54 bits per heavy atom. The number of amidine groups is 1. The Bertz CT molecular complexity index is 935. The third-order valence-electron chi connectivity index (χ3n) is 4.64. The number of hydrogen-bond acceptors (Lipinski definition) is 5. The van der Waals surface area contributed by atoms with Crippen molar-refractivity contribution in [3.05, 3.63) is 54.1 Å². The Morgan fingerprint density at radius 1 is 1.12 bits per heavy atom. The molecule has 4 rings (SSSR count). The topological polar surface area (TPSA) is 71.0 Å². The number of ether oxygens (including phenoxy) is 1. The van der Waals surface area contributed by atoms with E-state index in [9.17, 15) is 8.42 Å². The lowest BCUT2D eigenvalue weighted by Crippen LogP contribution is -2.36. The number of rotatable bonds is 6. The van der Waals surface area contributed by atoms with Crippen LogP contribution in [0, 0.1) is 0 Å². The first-order chi connectivity index (χ1) is 12.5. The summed E-state index contributed by atoms with van der Waals surface area (Å²) in [5.41, 5.74) is 1.76. The van der Waals surface area contributed by atoms with Crippen LogP contribution in [0.2, 0.25) is 0 Å². The van der Waals surface area contributed by atoms with Gasteiger partial charge in [0.25, 0.3) is 10.0 Å². The summed E-state index contributed by atoms with van der Waals surface area (Å²) in [6.07, 6.45) is 2.26. The van der Waals surface area contributed by atoms with E-state index in [0.717, 1.165) is 30.7 Å². The highest BCUT2D eigenvalue weighted by Gasteiger charge is 2.32. The van der Waals surface area contributed by atoms with E-state index >= 15 is 0 Å². The third-order valence-corrected chi connectivity index (χ3v) is 6.01. The van der Waals surface area contributed by atoms with Crippen molar-refractivity contribution in [3.63, 3.8) is 0 Å². The van der Waals surface area contributed by atoms with Crippen LogP contribution in [0.1, 0.15) is 18.4 Å². The first-order valence-corrected chi connectivity index (χ1v) is 10.1. The zero-order valence-corrected chi connectivity index (χ0v) is 15.4. The van der Waals surface area contributed by atoms with E-state index in [1.165, 1.54) is 0 Å². The van der Waals surface area contributed by atoms with Gasteiger partial charge in [0.05, 0.1) is 19.3 Å². The SMILES string of the molecule is COc1ccc(CN(CC2=NS(=O)(=O)c3ccccc3N2)C2CC2)cc1. The second-order valence-corrected chi connectivity index (χ2v) is 8.19. The second kappa shape index (κ2) is 6.74. The lowest BCUT2D eigenvalue weighted by atomic mass is 10.2. The van der Waals surface area contributed by atoms with Crippen molar-refractivity contribution in [1.82, 2.24) is 4.90 Å². The monoisotopic (exact) mass is 371 g/mol. The van der Waals surface area contributed by atoms with Crippen molar-refractivity contribution in [2.75, 3.05) is 19.0 Å². The summed E-state index contributed by atoms with van der Waals surface area (Å²) in [5, 5.41) is 3.18. The Kier molecular flexibility index (Phi) is 4.42. The molecule has 0 saturated heterocycles. The molecule has 2 aliphatic rings. The molecule has 0 radical (unpaired) electrons. The van der Waals surface area contributed by atoms with E-state index in [1.807, 2.05) is 30.3 Å². The van der Waals surface area contributed by atoms with Crippen LogP contribution in [0.5, 0.6) is 5.75 Å². The number of para-hydroxylation sites is 1. The smallest absolute Gasteiger partial charge is 0.286 e. The predicted octanol–water partition coefficient (Wildman–Crippen LogP) is 2.87. The minimum atomic E-state index is -3.64. The molecule has 0 atom stereocenters. The van der Waals surface area contributed by atoms with Crippen LogP contribution in [-0.4, -0.2) is 38.8 Å². The maximum absolute atomic E-state index is 12.4. The minimum Gasteiger partial charge on any atom is -0.497 e. The molecule has 0 amide bonds. The van der Waals surface area contributed by atoms with Gasteiger partial charge >= 0.3 is 0 Å². The van der Waals surface area contributed by atoms with Gasteiger partial charge in [-0.25, -0.2) is 0 Å². The summed E-state index contributed by atoms with van der Waals surface area (Å²) in [7, 11) is -1.99. The van der Waals surface area contributed by atoms with E-state index in [1.54, 1.807) is 25.3 Å². The molecule has 1 N–H and O–H groups in total. The largest absolute Gasteiger partial charge is 0.497 e. The van der Waals surface area contributed by atoms with Crippen molar-refractivity contribution in [2.45, 2.75) is 30.3 Å². The molecule has 0 bridgehead atoms. The van der Waals surface area contributed by atoms with Gasteiger partial charge in [0.1, 0.15) is 16.5 Å². The second-order valence-electron chi connectivity index (χ2n) is 6.62. The Hall–Kier alpha value is -2.38. The van der Waals surface area contributed by atoms with Gasteiger partial charge in [0.2, 0.25) is 0 Å². The molecule has 2 aromatic rings. The van der Waals surface area contributed by atoms with E-state index in [2.05, 4.69) is 14.6 Å². The van der Waals surface area contributed by atoms with E-state index in [0.29, 0.717) is 24.1 Å². The lowest BCUT2D eigenvalue weighted by Gasteiger charge is -2.25. The lowest BCUT2D eigenvalue weighted by molar-refractivity contribution is 0.292. The normalized spacial score (nSPS) is 18.0. The van der Waals surface area contributed by atoms with Crippen molar-refractivity contribution >= 4 is 21.5 Å². The van der Waals surface area contributed by atoms with Crippen LogP contribution >= 0.6 is 0 Å². The highest BCUT2D eigenvalue weighted by atomic mass is 32.2. The third kappa shape index (κ3) is 3.59. The summed E-state index contributed by atoms with van der Waals surface area (Å²) in [5.74, 6) is 1.30. The number of hydrogen-bond donors (Lipinski definition) is 1. The number of methoxy groups -OCH3 is 1. The van der Waals surface area contributed by atoms with Crippen LogP contribution in [-0.2, 0) is 16.6 Å². The number of benzene rings is 2. The molecular formula is C19H21N3O3S. The van der Waals surface area contributed by atoms with Gasteiger partial charge in [-0.15, -0.1) is 4.40 Å². The molecular weight excluding hydrogens is 350 g/mol. The molecule has 1 aliphatic heterocycles. The van der Waals surface area contributed by atoms with Crippen LogP contribution in [0.4, 0.5) is 5.69 Å². The quantitative estimate of drug-likeness (QED) is 0.845. The number of nitrogens with zero attached hydrogens (tertiary/aromatic N) is 2. The fourth-order valence-corrected chi connectivity index (χ4v) is 4.29. The first-order valence-electron chi connectivity index (χ1n) is 8.62. The van der Waals surface area contributed by atoms with Crippen molar-refractivity contribution < 1.29 is 13.2 Å². The average Bonchev–Trinajstić information content (AvgIpc) is 3.46. The molecule has 1 fully saturated rings. The van der Waals surface area contributed by atoms with Gasteiger partial charge in [-0.05, 0) is 42.7 Å². The Balaban J connectivity index is 1.53. The van der Waals surface area contributed by atoms with Gasteiger partial charge < -0.3 is 10.1 Å². The summed E-state index contributed by atoms with van der Waals surface area (Å²) in [4.78, 5) is 2.51. The molecule has 6 nitrogen and oxygen atoms in total. The van der Waals surface area contributed by atoms with Gasteiger partial charge in [-0.3, -0.25) is 4.90 Å². The van der Waals surface area contributed by atoms with Gasteiger partial charge in [-0.1, -0.05) is 24.3 Å². The van der Waals surface area contributed by atoms with Crippen molar-refractivity contribution in [1.29, 1.82) is 0 Å². The number of nitrogens with one attached hydrogen (secondary N) is 1. The molecule has 2 aromatic carbocycles. The highest BCUT2D eigenvalue weighted by molar-refractivity contribution is 7.90. The minimum absolute atomic E-state index is 0.233. The molecule has 0 aromatic heterocycles. The van der Waals surface area contributed by atoms with Crippen molar-refractivity contribution in [2.24, 2.45) is 4.40 Å². The fourth-order valence-electron chi connectivity index (χ4n) is 3.15. The summed E-state index contributed by atoms with van der Waals surface area (Å²) in [6, 6.07) is 15.3. The van der Waals surface area contributed by atoms with E-state index in [-0.39, 0.29) is 4.90 Å². The maximum Gasteiger partial charge on any atom is 0.286 e. The standard InChI is InChI=1S/C19H21N3O3S/c1-25-16-10-6-14(7-11-16)12-22(15-8-9-15)13-19-20-17-4-2-3-5-18(17)26(23,24)21-19/h2-7,10-11,15H,8-9,12-13H2,1H3,(H,20,21). The zero-order valence-electron chi connectivity index (χ0n) is 14.6. The van der Waals surface area contributed by atoms with Crippen LogP contribution in [0.25, 0.3) is 0 Å². The van der Waals surface area contributed by atoms with E-state index < -0.39 is 10.0 Å². The summed E-state index contributed by atoms with van der Waals surface area (Å²) in [6.45, 7) is 1.22. The molecule has 1 heterocycles.